The molecule has 0 aromatic heterocycles. The minimum Gasteiger partial charge on any atom is -0.481 e. The van der Waals surface area contributed by atoms with Gasteiger partial charge in [0.2, 0.25) is 0 Å². The van der Waals surface area contributed by atoms with Crippen molar-refractivity contribution in [3.8, 4) is 0 Å². The van der Waals surface area contributed by atoms with E-state index in [0.717, 1.165) is 50.1 Å². The lowest BCUT2D eigenvalue weighted by atomic mass is 10.0. The van der Waals surface area contributed by atoms with Crippen molar-refractivity contribution < 1.29 is 44.0 Å². The average molecular weight is 655 g/mol. The topological polar surface area (TPSA) is 219 Å². The highest BCUT2D eigenvalue weighted by Gasteiger charge is 2.25. The van der Waals surface area contributed by atoms with Gasteiger partial charge in [-0.05, 0) is 81.5 Å². The third-order valence-electron chi connectivity index (χ3n) is 6.84. The van der Waals surface area contributed by atoms with Crippen LogP contribution in [0, 0.1) is 0 Å². The molecule has 0 saturated carbocycles. The summed E-state index contributed by atoms with van der Waals surface area (Å²) in [6.07, 6.45) is 2.12. The van der Waals surface area contributed by atoms with Crippen LogP contribution in [0.1, 0.15) is 57.9 Å². The van der Waals surface area contributed by atoms with Crippen molar-refractivity contribution in [1.29, 1.82) is 0 Å². The number of anilines is 1. The predicted molar refractivity (Wildman–Crippen MR) is 171 cm³/mol. The molecule has 1 rings (SSSR count). The van der Waals surface area contributed by atoms with Crippen LogP contribution in [0.2, 0.25) is 0 Å². The SMILES string of the molecule is CCNCCCN(COC=O)C(CC)Cc1ccc(NC(=S)NCCCC(NC(=O)NC(CCC(=O)O)C(=O)O)C(=O)O)cc1. The number of benzene rings is 1. The molecule has 0 saturated heterocycles. The van der Waals surface area contributed by atoms with E-state index in [1.807, 2.05) is 24.3 Å². The molecule has 0 aliphatic heterocycles. The summed E-state index contributed by atoms with van der Waals surface area (Å²) in [6, 6.07) is 4.19. The molecular weight excluding hydrogens is 608 g/mol. The molecule has 0 heterocycles. The number of carboxylic acids is 3. The molecule has 8 N–H and O–H groups in total. The number of nitrogens with zero attached hydrogens (tertiary/aromatic N) is 1. The zero-order chi connectivity index (χ0) is 33.6. The molecule has 0 fully saturated rings. The minimum atomic E-state index is -1.47. The number of urea groups is 1. The van der Waals surface area contributed by atoms with Crippen LogP contribution in [0.4, 0.5) is 10.5 Å². The summed E-state index contributed by atoms with van der Waals surface area (Å²) >= 11 is 5.34. The second kappa shape index (κ2) is 22.5. The van der Waals surface area contributed by atoms with E-state index in [1.165, 1.54) is 0 Å². The molecule has 0 bridgehead atoms. The normalized spacial score (nSPS) is 12.8. The monoisotopic (exact) mass is 654 g/mol. The number of carboxylic acid groups (broad SMARTS) is 3. The Morgan fingerprint density at radius 3 is 2.16 bits per heavy atom. The highest BCUT2D eigenvalue weighted by Crippen LogP contribution is 2.16. The smallest absolute Gasteiger partial charge is 0.326 e. The maximum atomic E-state index is 12.1. The third-order valence-corrected chi connectivity index (χ3v) is 7.08. The molecule has 3 atom stereocenters. The maximum absolute atomic E-state index is 12.1. The first-order chi connectivity index (χ1) is 21.5. The van der Waals surface area contributed by atoms with E-state index in [0.29, 0.717) is 24.6 Å². The fourth-order valence-corrected chi connectivity index (χ4v) is 4.63. The zero-order valence-corrected chi connectivity index (χ0v) is 26.6. The van der Waals surface area contributed by atoms with Crippen molar-refractivity contribution in [1.82, 2.24) is 26.2 Å². The summed E-state index contributed by atoms with van der Waals surface area (Å²) < 4.78 is 5.06. The van der Waals surface area contributed by atoms with Crippen molar-refractivity contribution in [2.24, 2.45) is 0 Å². The number of hydrogen-bond acceptors (Lipinski definition) is 9. The molecule has 16 heteroatoms. The van der Waals surface area contributed by atoms with Crippen LogP contribution in [0.3, 0.4) is 0 Å². The Kier molecular flexibility index (Phi) is 19.5. The van der Waals surface area contributed by atoms with Crippen LogP contribution in [-0.4, -0.2) is 107 Å². The molecule has 0 aliphatic rings. The summed E-state index contributed by atoms with van der Waals surface area (Å²) in [4.78, 5) is 58.6. The highest BCUT2D eigenvalue weighted by atomic mass is 32.1. The van der Waals surface area contributed by atoms with E-state index >= 15 is 0 Å². The number of thiocarbonyl (C=S) groups is 1. The zero-order valence-electron chi connectivity index (χ0n) is 25.8. The van der Waals surface area contributed by atoms with E-state index < -0.39 is 42.4 Å². The van der Waals surface area contributed by atoms with Crippen LogP contribution < -0.4 is 26.6 Å². The number of ether oxygens (including phenoxy) is 1. The van der Waals surface area contributed by atoms with Gasteiger partial charge in [0, 0.05) is 31.2 Å². The van der Waals surface area contributed by atoms with Crippen LogP contribution in [0.25, 0.3) is 0 Å². The van der Waals surface area contributed by atoms with Crippen molar-refractivity contribution >= 4 is 53.4 Å². The van der Waals surface area contributed by atoms with Crippen molar-refractivity contribution in [3.05, 3.63) is 29.8 Å². The average Bonchev–Trinajstić information content (AvgIpc) is 2.99. The number of aliphatic carboxylic acids is 3. The Balaban J connectivity index is 2.55. The predicted octanol–water partition coefficient (Wildman–Crippen LogP) is 1.58. The van der Waals surface area contributed by atoms with Crippen LogP contribution in [0.5, 0.6) is 0 Å². The second-order valence-corrected chi connectivity index (χ2v) is 10.6. The Hall–Kier alpha value is -4.02. The van der Waals surface area contributed by atoms with E-state index in [9.17, 15) is 29.1 Å². The number of carbonyl (C=O) groups is 5. The van der Waals surface area contributed by atoms with Gasteiger partial charge in [-0.15, -0.1) is 0 Å². The first-order valence-corrected chi connectivity index (χ1v) is 15.3. The van der Waals surface area contributed by atoms with Gasteiger partial charge in [-0.1, -0.05) is 26.0 Å². The summed E-state index contributed by atoms with van der Waals surface area (Å²) in [5.41, 5.74) is 1.87. The number of rotatable bonds is 24. The van der Waals surface area contributed by atoms with E-state index in [4.69, 9.17) is 27.2 Å². The van der Waals surface area contributed by atoms with Crippen LogP contribution in [0.15, 0.2) is 24.3 Å². The number of carbonyl (C=O) groups excluding carboxylic acids is 2. The van der Waals surface area contributed by atoms with Gasteiger partial charge in [-0.2, -0.15) is 0 Å². The van der Waals surface area contributed by atoms with Crippen molar-refractivity contribution in [2.75, 3.05) is 38.2 Å². The van der Waals surface area contributed by atoms with Gasteiger partial charge in [0.05, 0.1) is 0 Å². The fraction of sp³-hybridized carbons (Fsp3) is 0.586. The van der Waals surface area contributed by atoms with Gasteiger partial charge < -0.3 is 46.6 Å². The van der Waals surface area contributed by atoms with E-state index in [-0.39, 0.29) is 25.6 Å². The molecule has 0 radical (unpaired) electrons. The lowest BCUT2D eigenvalue weighted by molar-refractivity contribution is -0.141. The molecule has 1 aromatic rings. The Morgan fingerprint density at radius 2 is 1.60 bits per heavy atom. The first kappa shape index (κ1) is 39.0. The molecule has 2 amide bonds. The van der Waals surface area contributed by atoms with Gasteiger partial charge in [-0.3, -0.25) is 14.5 Å². The van der Waals surface area contributed by atoms with E-state index in [1.54, 1.807) is 0 Å². The summed E-state index contributed by atoms with van der Waals surface area (Å²) in [7, 11) is 0. The first-order valence-electron chi connectivity index (χ1n) is 14.9. The molecule has 252 valence electrons. The Morgan fingerprint density at radius 1 is 0.956 bits per heavy atom. The van der Waals surface area contributed by atoms with E-state index in [2.05, 4.69) is 45.3 Å². The maximum Gasteiger partial charge on any atom is 0.326 e. The summed E-state index contributed by atoms with van der Waals surface area (Å²) in [6.45, 7) is 7.77. The molecule has 45 heavy (non-hydrogen) atoms. The number of hydrogen-bond donors (Lipinski definition) is 8. The lowest BCUT2D eigenvalue weighted by Gasteiger charge is -2.30. The summed E-state index contributed by atoms with van der Waals surface area (Å²) in [5.74, 6) is -3.95. The van der Waals surface area contributed by atoms with Crippen molar-refractivity contribution in [3.63, 3.8) is 0 Å². The lowest BCUT2D eigenvalue weighted by Crippen LogP contribution is -2.51. The quantitative estimate of drug-likeness (QED) is 0.0344. The van der Waals surface area contributed by atoms with Crippen LogP contribution >= 0.6 is 12.2 Å². The number of nitrogens with one attached hydrogen (secondary N) is 5. The molecule has 15 nitrogen and oxygen atoms in total. The molecule has 0 aliphatic carbocycles. The Labute approximate surface area is 268 Å². The molecule has 3 unspecified atom stereocenters. The van der Waals surface area contributed by atoms with Crippen molar-refractivity contribution in [2.45, 2.75) is 76.9 Å². The number of amides is 2. The second-order valence-electron chi connectivity index (χ2n) is 10.2. The minimum absolute atomic E-state index is 0.0303. The highest BCUT2D eigenvalue weighted by molar-refractivity contribution is 7.80. The van der Waals surface area contributed by atoms with Crippen LogP contribution in [-0.2, 0) is 30.3 Å². The third kappa shape index (κ3) is 17.2. The molecule has 1 aromatic carbocycles. The fourth-order valence-electron chi connectivity index (χ4n) is 4.41. The molecular formula is C29H46N6O9S. The van der Waals surface area contributed by atoms with Gasteiger partial charge in [0.25, 0.3) is 6.47 Å². The van der Waals surface area contributed by atoms with Gasteiger partial charge in [0.15, 0.2) is 5.11 Å². The Bertz CT molecular complexity index is 1090. The largest absolute Gasteiger partial charge is 0.481 e. The summed E-state index contributed by atoms with van der Waals surface area (Å²) in [5, 5.41) is 41.3. The standard InChI is InChI=1S/C29H46N6O9S/c1-3-22(35(18-44-19-36)16-6-14-30-4-2)17-20-8-10-21(11-9-20)32-29(45)31-15-5-7-23(26(39)40)33-28(43)34-24(27(41)42)12-13-25(37)38/h8-11,19,22-24,30H,3-7,12-18H2,1-2H3,(H,37,38)(H,39,40)(H,41,42)(H2,31,32,45)(H2,33,34,43). The van der Waals surface area contributed by atoms with Gasteiger partial charge >= 0.3 is 23.9 Å². The molecule has 0 spiro atoms. The van der Waals surface area contributed by atoms with Gasteiger partial charge in [-0.25, -0.2) is 14.4 Å². The van der Waals surface area contributed by atoms with Gasteiger partial charge in [0.1, 0.15) is 18.8 Å².